The number of nitrogens with one attached hydrogen (secondary N) is 1. The summed E-state index contributed by atoms with van der Waals surface area (Å²) in [5.74, 6) is -14.6. The molecule has 2 aromatic carbocycles. The van der Waals surface area contributed by atoms with Crippen molar-refractivity contribution in [2.24, 2.45) is 0 Å². The first-order chi connectivity index (χ1) is 20.3. The van der Waals surface area contributed by atoms with Gasteiger partial charge in [-0.2, -0.15) is 8.78 Å². The van der Waals surface area contributed by atoms with Crippen LogP contribution in [0.4, 0.5) is 27.6 Å². The van der Waals surface area contributed by atoms with Gasteiger partial charge in [0.2, 0.25) is 34.8 Å². The number of hydrogen-bond acceptors (Lipinski definition) is 9. The van der Waals surface area contributed by atoms with Crippen molar-refractivity contribution in [2.45, 2.75) is 26.2 Å². The van der Waals surface area contributed by atoms with Crippen molar-refractivity contribution in [1.82, 2.24) is 0 Å². The van der Waals surface area contributed by atoms with Gasteiger partial charge in [0, 0.05) is 12.2 Å². The fourth-order valence-electron chi connectivity index (χ4n) is 3.17. The molecule has 42 heavy (non-hydrogen) atoms. The minimum atomic E-state index is -2.35. The highest BCUT2D eigenvalue weighted by atomic mass is 19.2. The van der Waals surface area contributed by atoms with Gasteiger partial charge in [-0.25, -0.2) is 18.0 Å². The summed E-state index contributed by atoms with van der Waals surface area (Å²) in [4.78, 5) is 23.7. The van der Waals surface area contributed by atoms with Gasteiger partial charge >= 0.3 is 11.9 Å². The van der Waals surface area contributed by atoms with Gasteiger partial charge < -0.3 is 33.7 Å². The largest absolute Gasteiger partial charge is 0.460 e. The molecule has 0 amide bonds. The van der Waals surface area contributed by atoms with E-state index in [1.165, 1.54) is 0 Å². The lowest BCUT2D eigenvalue weighted by Crippen LogP contribution is -2.16. The molecule has 0 radical (unpaired) electrons. The number of carbonyl (C=O) groups is 2. The molecule has 0 spiro atoms. The number of ether oxygens (including phenoxy) is 6. The molecule has 0 saturated carbocycles. The molecule has 0 saturated heterocycles. The van der Waals surface area contributed by atoms with Crippen LogP contribution in [-0.2, 0) is 28.5 Å². The molecule has 0 bridgehead atoms. The minimum Gasteiger partial charge on any atom is -0.460 e. The number of unbranched alkanes of at least 4 members (excludes halogenated alkanes) is 1. The second kappa shape index (κ2) is 19.7. The van der Waals surface area contributed by atoms with E-state index >= 15 is 0 Å². The lowest BCUT2D eigenvalue weighted by atomic mass is 10.2. The number of anilines is 1. The molecule has 1 N–H and O–H groups in total. The van der Waals surface area contributed by atoms with Crippen LogP contribution in [0.2, 0.25) is 0 Å². The fourth-order valence-corrected chi connectivity index (χ4v) is 3.17. The maximum Gasteiger partial charge on any atom is 0.338 e. The number of esters is 2. The third-order valence-corrected chi connectivity index (χ3v) is 5.39. The lowest BCUT2D eigenvalue weighted by molar-refractivity contribution is -0.136. The molecule has 234 valence electrons. The van der Waals surface area contributed by atoms with Gasteiger partial charge in [-0.3, -0.25) is 4.79 Å². The highest BCUT2D eigenvalue weighted by molar-refractivity contribution is 5.89. The summed E-state index contributed by atoms with van der Waals surface area (Å²) < 4.78 is 96.8. The van der Waals surface area contributed by atoms with Crippen molar-refractivity contribution in [3.05, 3.63) is 58.9 Å². The van der Waals surface area contributed by atoms with Crippen LogP contribution >= 0.6 is 0 Å². The van der Waals surface area contributed by atoms with Crippen LogP contribution < -0.4 is 10.1 Å². The third kappa shape index (κ3) is 12.3. The molecule has 0 heterocycles. The Morgan fingerprint density at radius 1 is 0.667 bits per heavy atom. The summed E-state index contributed by atoms with van der Waals surface area (Å²) in [6.07, 6.45) is 1.68. The molecule has 9 nitrogen and oxygen atoms in total. The van der Waals surface area contributed by atoms with Crippen molar-refractivity contribution in [3.63, 3.8) is 0 Å². The standard InChI is InChI=1S/C28H34F5NO8/c1-2-3-9-34-20-6-4-19(5-7-20)28(36)41-18-17-40-16-15-39-14-13-38-12-11-37-10-8-21(35)42-27-25(32)23(30)22(29)24(31)26(27)33/h4-7,34H,2-3,8-18H2,1H3. The van der Waals surface area contributed by atoms with E-state index < -0.39 is 53.2 Å². The van der Waals surface area contributed by atoms with Gasteiger partial charge in [0.05, 0.1) is 64.8 Å². The van der Waals surface area contributed by atoms with Crippen molar-refractivity contribution in [2.75, 3.05) is 71.3 Å². The maximum absolute atomic E-state index is 13.5. The molecule has 0 fully saturated rings. The van der Waals surface area contributed by atoms with Gasteiger partial charge in [0.15, 0.2) is 0 Å². The van der Waals surface area contributed by atoms with Crippen LogP contribution in [0, 0.1) is 29.1 Å². The van der Waals surface area contributed by atoms with E-state index in [1.54, 1.807) is 12.1 Å². The molecule has 0 aromatic heterocycles. The zero-order valence-corrected chi connectivity index (χ0v) is 23.2. The van der Waals surface area contributed by atoms with E-state index in [2.05, 4.69) is 17.0 Å². The van der Waals surface area contributed by atoms with Crippen LogP contribution in [0.25, 0.3) is 0 Å². The van der Waals surface area contributed by atoms with E-state index in [9.17, 15) is 31.5 Å². The van der Waals surface area contributed by atoms with Gasteiger partial charge in [-0.05, 0) is 30.7 Å². The summed E-state index contributed by atoms with van der Waals surface area (Å²) in [5, 5.41) is 3.27. The molecule has 0 aliphatic carbocycles. The number of halogens is 5. The zero-order chi connectivity index (χ0) is 30.7. The Balaban J connectivity index is 1.40. The Morgan fingerprint density at radius 2 is 1.14 bits per heavy atom. The highest BCUT2D eigenvalue weighted by Crippen LogP contribution is 2.29. The zero-order valence-electron chi connectivity index (χ0n) is 23.2. The average molecular weight is 608 g/mol. The molecular weight excluding hydrogens is 573 g/mol. The van der Waals surface area contributed by atoms with Gasteiger partial charge in [0.1, 0.15) is 6.61 Å². The molecule has 2 rings (SSSR count). The summed E-state index contributed by atoms with van der Waals surface area (Å²) in [6, 6.07) is 7.07. The van der Waals surface area contributed by atoms with E-state index in [0.717, 1.165) is 25.1 Å². The molecule has 0 aliphatic rings. The predicted octanol–water partition coefficient (Wildman–Crippen LogP) is 4.81. The van der Waals surface area contributed by atoms with Crippen LogP contribution in [0.1, 0.15) is 36.5 Å². The van der Waals surface area contributed by atoms with Crippen LogP contribution in [0.5, 0.6) is 5.75 Å². The highest BCUT2D eigenvalue weighted by Gasteiger charge is 2.28. The molecular formula is C28H34F5NO8. The first-order valence-electron chi connectivity index (χ1n) is 13.3. The number of rotatable bonds is 21. The van der Waals surface area contributed by atoms with Crippen LogP contribution in [0.15, 0.2) is 24.3 Å². The smallest absolute Gasteiger partial charge is 0.338 e. The summed E-state index contributed by atoms with van der Waals surface area (Å²) in [5.41, 5.74) is 1.40. The molecule has 0 atom stereocenters. The lowest BCUT2D eigenvalue weighted by Gasteiger charge is -2.09. The van der Waals surface area contributed by atoms with Gasteiger partial charge in [-0.15, -0.1) is 0 Å². The third-order valence-electron chi connectivity index (χ3n) is 5.39. The molecule has 14 heteroatoms. The molecule has 0 aliphatic heterocycles. The minimum absolute atomic E-state index is 0.0671. The van der Waals surface area contributed by atoms with Crippen molar-refractivity contribution >= 4 is 17.6 Å². The Bertz CT molecular complexity index is 1090. The van der Waals surface area contributed by atoms with E-state index in [4.69, 9.17) is 23.7 Å². The van der Waals surface area contributed by atoms with E-state index in [1.807, 2.05) is 12.1 Å². The normalized spacial score (nSPS) is 11.0. The Hall–Kier alpha value is -3.33. The first kappa shape index (κ1) is 34.9. The predicted molar refractivity (Wildman–Crippen MR) is 140 cm³/mol. The Kier molecular flexibility index (Phi) is 16.4. The van der Waals surface area contributed by atoms with Crippen LogP contribution in [-0.4, -0.2) is 77.9 Å². The number of benzene rings is 2. The average Bonchev–Trinajstić information content (AvgIpc) is 2.99. The van der Waals surface area contributed by atoms with E-state index in [-0.39, 0.29) is 46.2 Å². The van der Waals surface area contributed by atoms with Crippen molar-refractivity contribution in [3.8, 4) is 5.75 Å². The second-order valence-corrected chi connectivity index (χ2v) is 8.57. The van der Waals surface area contributed by atoms with Gasteiger partial charge in [0.25, 0.3) is 0 Å². The van der Waals surface area contributed by atoms with Crippen molar-refractivity contribution < 1.29 is 60.0 Å². The summed E-state index contributed by atoms with van der Waals surface area (Å²) >= 11 is 0. The SMILES string of the molecule is CCCCNc1ccc(C(=O)OCCOCCOCCOCCOCCC(=O)Oc2c(F)c(F)c(F)c(F)c2F)cc1. The maximum atomic E-state index is 13.5. The van der Waals surface area contributed by atoms with E-state index in [0.29, 0.717) is 18.8 Å². The number of carbonyl (C=O) groups excluding carboxylic acids is 2. The monoisotopic (exact) mass is 607 g/mol. The first-order valence-corrected chi connectivity index (χ1v) is 13.3. The second-order valence-electron chi connectivity index (χ2n) is 8.57. The topological polar surface area (TPSA) is 102 Å². The molecule has 2 aromatic rings. The summed E-state index contributed by atoms with van der Waals surface area (Å²) in [7, 11) is 0. The van der Waals surface area contributed by atoms with Crippen molar-refractivity contribution in [1.29, 1.82) is 0 Å². The fraction of sp³-hybridized carbons (Fsp3) is 0.500. The Morgan fingerprint density at radius 3 is 1.67 bits per heavy atom. The number of hydrogen-bond donors (Lipinski definition) is 1. The van der Waals surface area contributed by atoms with Gasteiger partial charge in [-0.1, -0.05) is 13.3 Å². The summed E-state index contributed by atoms with van der Waals surface area (Å²) in [6.45, 7) is 4.41. The van der Waals surface area contributed by atoms with Crippen LogP contribution in [0.3, 0.4) is 0 Å². The molecule has 0 unspecified atom stereocenters. The Labute approximate surface area is 240 Å². The quantitative estimate of drug-likeness (QED) is 0.0535.